The quantitative estimate of drug-likeness (QED) is 0.276. The molecule has 0 unspecified atom stereocenters. The molecule has 0 aliphatic carbocycles. The van der Waals surface area contributed by atoms with Gasteiger partial charge in [0.05, 0.1) is 0 Å². The van der Waals surface area contributed by atoms with Crippen molar-refractivity contribution in [1.82, 2.24) is 3.48 Å². The first kappa shape index (κ1) is 18.4. The van der Waals surface area contributed by atoms with E-state index in [-0.39, 0.29) is 0 Å². The summed E-state index contributed by atoms with van der Waals surface area (Å²) in [6.07, 6.45) is 2.38. The van der Waals surface area contributed by atoms with Gasteiger partial charge in [-0.15, -0.1) is 0 Å². The molecule has 0 aliphatic heterocycles. The van der Waals surface area contributed by atoms with Crippen molar-refractivity contribution in [3.05, 3.63) is 121 Å². The van der Waals surface area contributed by atoms with Crippen molar-refractivity contribution in [3.8, 4) is 6.19 Å². The second-order valence-corrected chi connectivity index (χ2v) is 19.6. The Kier molecular flexibility index (Phi) is 4.95. The van der Waals surface area contributed by atoms with E-state index in [9.17, 15) is 5.26 Å². The van der Waals surface area contributed by atoms with Crippen molar-refractivity contribution < 1.29 is 0 Å². The molecule has 1 N–H and O–H groups in total. The summed E-state index contributed by atoms with van der Waals surface area (Å²) in [5.41, 5.74) is 0. The summed E-state index contributed by atoms with van der Waals surface area (Å²) in [6.45, 7) is 0. The van der Waals surface area contributed by atoms with Crippen LogP contribution in [-0.2, 0) is 0 Å². The third-order valence-electron chi connectivity index (χ3n) is 5.36. The molecule has 4 rings (SSSR count). The summed E-state index contributed by atoms with van der Waals surface area (Å²) in [7, 11) is 0. The molecule has 28 heavy (non-hydrogen) atoms. The maximum absolute atomic E-state index is 10.1. The van der Waals surface area contributed by atoms with Crippen molar-refractivity contribution in [1.29, 1.82) is 5.26 Å². The van der Waals surface area contributed by atoms with Crippen LogP contribution in [0.4, 0.5) is 0 Å². The third kappa shape index (κ3) is 2.55. The van der Waals surface area contributed by atoms with Crippen LogP contribution in [0, 0.1) is 11.5 Å². The van der Waals surface area contributed by atoms with Gasteiger partial charge < -0.3 is 0 Å². The van der Waals surface area contributed by atoms with Gasteiger partial charge in [0, 0.05) is 0 Å². The first-order chi connectivity index (χ1) is 13.8. The van der Waals surface area contributed by atoms with Gasteiger partial charge in [-0.3, -0.25) is 0 Å². The first-order valence-corrected chi connectivity index (χ1v) is 15.6. The molecular formula is C25H21N2Sb. The van der Waals surface area contributed by atoms with E-state index in [4.69, 9.17) is 0 Å². The third-order valence-corrected chi connectivity index (χ3v) is 22.1. The molecule has 0 amide bonds. The predicted octanol–water partition coefficient (Wildman–Crippen LogP) is 2.59. The molecule has 2 nitrogen and oxygen atoms in total. The van der Waals surface area contributed by atoms with E-state index in [1.807, 2.05) is 24.3 Å². The minimum absolute atomic E-state index is 1.18. The van der Waals surface area contributed by atoms with Crippen molar-refractivity contribution in [3.63, 3.8) is 0 Å². The van der Waals surface area contributed by atoms with Gasteiger partial charge in [-0.2, -0.15) is 0 Å². The van der Waals surface area contributed by atoms with Crippen molar-refractivity contribution in [2.75, 3.05) is 0 Å². The van der Waals surface area contributed by atoms with Gasteiger partial charge in [0.2, 0.25) is 0 Å². The number of nitrogens with zero attached hydrogens (tertiary/aromatic N) is 1. The molecule has 0 aliphatic rings. The molecule has 0 radical (unpaired) electrons. The van der Waals surface area contributed by atoms with Crippen LogP contribution in [0.1, 0.15) is 0 Å². The topological polar surface area (TPSA) is 35.8 Å². The van der Waals surface area contributed by atoms with E-state index >= 15 is 0 Å². The summed E-state index contributed by atoms with van der Waals surface area (Å²) in [5.74, 6) is 0. The van der Waals surface area contributed by atoms with E-state index < -0.39 is 17.7 Å². The first-order valence-electron chi connectivity index (χ1n) is 9.23. The predicted molar refractivity (Wildman–Crippen MR) is 119 cm³/mol. The monoisotopic (exact) mass is 470 g/mol. The van der Waals surface area contributed by atoms with Crippen LogP contribution in [0.2, 0.25) is 0 Å². The molecule has 0 fully saturated rings. The molecule has 3 heteroatoms. The van der Waals surface area contributed by atoms with E-state index in [1.54, 1.807) is 0 Å². The van der Waals surface area contributed by atoms with Gasteiger partial charge in [0.1, 0.15) is 0 Å². The zero-order chi connectivity index (χ0) is 19.3. The van der Waals surface area contributed by atoms with Gasteiger partial charge in [-0.1, -0.05) is 0 Å². The van der Waals surface area contributed by atoms with Crippen LogP contribution in [-0.4, -0.2) is 17.7 Å². The van der Waals surface area contributed by atoms with Crippen LogP contribution in [0.25, 0.3) is 0 Å². The Morgan fingerprint density at radius 3 is 0.929 bits per heavy atom. The maximum atomic E-state index is 10.1. The Morgan fingerprint density at radius 1 is 0.464 bits per heavy atom. The molecule has 0 saturated heterocycles. The number of hydrogen-bond acceptors (Lipinski definition) is 2. The molecular weight excluding hydrogens is 450 g/mol. The van der Waals surface area contributed by atoms with Crippen LogP contribution in [0.5, 0.6) is 0 Å². The summed E-state index contributed by atoms with van der Waals surface area (Å²) in [6, 6.07) is 41.9. The fourth-order valence-electron chi connectivity index (χ4n) is 4.16. The van der Waals surface area contributed by atoms with Crippen LogP contribution < -0.4 is 17.5 Å². The van der Waals surface area contributed by atoms with Crippen molar-refractivity contribution in [2.24, 2.45) is 0 Å². The second-order valence-electron chi connectivity index (χ2n) is 6.68. The fraction of sp³-hybridized carbons (Fsp3) is 0. The summed E-state index contributed by atoms with van der Waals surface area (Å²) in [4.78, 5) is 0. The molecule has 0 spiro atoms. The van der Waals surface area contributed by atoms with E-state index in [0.717, 1.165) is 0 Å². The Bertz CT molecular complexity index is 919. The zero-order valence-corrected chi connectivity index (χ0v) is 18.0. The van der Waals surface area contributed by atoms with Crippen LogP contribution in [0.3, 0.4) is 0 Å². The zero-order valence-electron chi connectivity index (χ0n) is 15.4. The average Bonchev–Trinajstić information content (AvgIpc) is 2.80. The molecule has 0 atom stereocenters. The van der Waals surface area contributed by atoms with E-state index in [0.29, 0.717) is 0 Å². The molecule has 0 aromatic heterocycles. The number of rotatable bonds is 5. The Hall–Kier alpha value is -3.01. The van der Waals surface area contributed by atoms with Crippen molar-refractivity contribution in [2.45, 2.75) is 0 Å². The van der Waals surface area contributed by atoms with Crippen LogP contribution >= 0.6 is 0 Å². The Labute approximate surface area is 167 Å². The van der Waals surface area contributed by atoms with Crippen molar-refractivity contribution >= 4 is 31.7 Å². The molecule has 4 aromatic rings. The van der Waals surface area contributed by atoms with Gasteiger partial charge in [-0.05, 0) is 0 Å². The van der Waals surface area contributed by atoms with E-state index in [1.165, 1.54) is 14.0 Å². The molecule has 0 saturated carbocycles. The minimum atomic E-state index is -4.61. The van der Waals surface area contributed by atoms with Gasteiger partial charge in [-0.25, -0.2) is 0 Å². The normalized spacial score (nSPS) is 12.3. The van der Waals surface area contributed by atoms with Gasteiger partial charge in [0.25, 0.3) is 0 Å². The average molecular weight is 471 g/mol. The number of nitriles is 1. The van der Waals surface area contributed by atoms with Gasteiger partial charge in [0.15, 0.2) is 0 Å². The number of nitrogens with one attached hydrogen (secondary N) is 1. The van der Waals surface area contributed by atoms with E-state index in [2.05, 4.69) is 107 Å². The fourth-order valence-corrected chi connectivity index (χ4v) is 20.1. The Morgan fingerprint density at radius 2 is 0.714 bits per heavy atom. The standard InChI is InChI=1S/4C6H5.CHN2.Sb/c4*1-2-4-6-5-3-1;2-1-3;/h4*1-5H;2H;/q;;;;-1;+1. The summed E-state index contributed by atoms with van der Waals surface area (Å²) in [5, 5.41) is 10.1. The van der Waals surface area contributed by atoms with Crippen LogP contribution in [0.15, 0.2) is 121 Å². The Balaban J connectivity index is 2.30. The molecule has 4 aromatic carbocycles. The number of hydrogen-bond donors (Lipinski definition) is 1. The summed E-state index contributed by atoms with van der Waals surface area (Å²) < 4.78 is 8.21. The molecule has 0 bridgehead atoms. The SMILES string of the molecule is N#C[NH][Sb]([c]1ccccc1)([c]1ccccc1)([c]1ccccc1)[c]1ccccc1. The second kappa shape index (κ2) is 7.55. The number of benzene rings is 4. The van der Waals surface area contributed by atoms with Gasteiger partial charge >= 0.3 is 168 Å². The molecule has 0 heterocycles. The summed E-state index contributed by atoms with van der Waals surface area (Å²) >= 11 is -4.61. The molecule has 136 valence electrons.